The fourth-order valence-corrected chi connectivity index (χ4v) is 1.17. The van der Waals surface area contributed by atoms with Gasteiger partial charge < -0.3 is 9.47 Å². The largest absolute Gasteiger partial charge is 0.496 e. The van der Waals surface area contributed by atoms with Crippen molar-refractivity contribution in [2.45, 2.75) is 20.8 Å². The number of benzene rings is 1. The summed E-state index contributed by atoms with van der Waals surface area (Å²) in [5, 5.41) is 0. The maximum absolute atomic E-state index is 11.8. The third-order valence-corrected chi connectivity index (χ3v) is 1.96. The molecule has 0 spiro atoms. The van der Waals surface area contributed by atoms with E-state index >= 15 is 0 Å². The van der Waals surface area contributed by atoms with Crippen LogP contribution in [-0.4, -0.2) is 19.7 Å². The number of hydrogen-bond acceptors (Lipinski definition) is 3. The number of rotatable bonds is 3. The van der Waals surface area contributed by atoms with Gasteiger partial charge in [-0.15, -0.1) is 0 Å². The van der Waals surface area contributed by atoms with Crippen molar-refractivity contribution in [3.05, 3.63) is 29.8 Å². The Kier molecular flexibility index (Phi) is 3.93. The number of para-hydroxylation sites is 1. The summed E-state index contributed by atoms with van der Waals surface area (Å²) in [6.07, 6.45) is 0. The highest BCUT2D eigenvalue weighted by Crippen LogP contribution is 2.20. The fourth-order valence-electron chi connectivity index (χ4n) is 1.17. The van der Waals surface area contributed by atoms with Crippen LogP contribution in [0.3, 0.4) is 0 Å². The Morgan fingerprint density at radius 2 is 1.88 bits per heavy atom. The van der Waals surface area contributed by atoms with Crippen LogP contribution in [0.25, 0.3) is 0 Å². The third-order valence-electron chi connectivity index (χ3n) is 1.96. The summed E-state index contributed by atoms with van der Waals surface area (Å²) in [5.74, 6) is 0.203. The van der Waals surface area contributed by atoms with Gasteiger partial charge in [0.2, 0.25) is 0 Å². The van der Waals surface area contributed by atoms with Gasteiger partial charge in [-0.05, 0) is 17.5 Å². The molecule has 88 valence electrons. The molecule has 0 fully saturated rings. The lowest BCUT2D eigenvalue weighted by molar-refractivity contribution is 0.0363. The highest BCUT2D eigenvalue weighted by Gasteiger charge is 2.17. The van der Waals surface area contributed by atoms with E-state index < -0.39 is 0 Å². The van der Waals surface area contributed by atoms with Crippen LogP contribution in [0.1, 0.15) is 31.1 Å². The number of carbonyl (C=O) groups excluding carboxylic acids is 1. The smallest absolute Gasteiger partial charge is 0.341 e. The van der Waals surface area contributed by atoms with E-state index in [9.17, 15) is 4.79 Å². The summed E-state index contributed by atoms with van der Waals surface area (Å²) in [4.78, 5) is 11.8. The van der Waals surface area contributed by atoms with Crippen LogP contribution in [-0.2, 0) is 4.74 Å². The van der Waals surface area contributed by atoms with E-state index in [0.717, 1.165) is 0 Å². The van der Waals surface area contributed by atoms with Crippen LogP contribution >= 0.6 is 0 Å². The van der Waals surface area contributed by atoms with Gasteiger partial charge in [-0.1, -0.05) is 32.9 Å². The van der Waals surface area contributed by atoms with E-state index in [-0.39, 0.29) is 11.4 Å². The summed E-state index contributed by atoms with van der Waals surface area (Å²) in [6.45, 7) is 6.44. The fraction of sp³-hybridized carbons (Fsp3) is 0.462. The Morgan fingerprint density at radius 3 is 2.44 bits per heavy atom. The molecule has 0 saturated carbocycles. The lowest BCUT2D eigenvalue weighted by Crippen LogP contribution is -2.18. The molecular weight excluding hydrogens is 204 g/mol. The van der Waals surface area contributed by atoms with Crippen molar-refractivity contribution in [2.24, 2.45) is 5.41 Å². The van der Waals surface area contributed by atoms with Crippen molar-refractivity contribution in [1.82, 2.24) is 0 Å². The summed E-state index contributed by atoms with van der Waals surface area (Å²) in [7, 11) is 1.54. The molecule has 0 saturated heterocycles. The first-order valence-electron chi connectivity index (χ1n) is 5.24. The standard InChI is InChI=1S/C13H18O3/c1-13(2,3)9-16-12(14)10-7-5-6-8-11(10)15-4/h5-8H,9H2,1-4H3. The normalized spacial score (nSPS) is 11.0. The predicted molar refractivity (Wildman–Crippen MR) is 62.7 cm³/mol. The zero-order valence-corrected chi connectivity index (χ0v) is 10.2. The SMILES string of the molecule is COc1ccccc1C(=O)OCC(C)(C)C. The molecule has 0 aromatic heterocycles. The molecule has 16 heavy (non-hydrogen) atoms. The minimum atomic E-state index is -0.340. The second-order valence-electron chi connectivity index (χ2n) is 4.84. The summed E-state index contributed by atoms with van der Waals surface area (Å²) in [5.41, 5.74) is 0.437. The second-order valence-corrected chi connectivity index (χ2v) is 4.84. The van der Waals surface area contributed by atoms with Gasteiger partial charge in [0.25, 0.3) is 0 Å². The molecule has 0 radical (unpaired) electrons. The Labute approximate surface area is 96.4 Å². The van der Waals surface area contributed by atoms with Gasteiger partial charge >= 0.3 is 5.97 Å². The molecule has 0 heterocycles. The van der Waals surface area contributed by atoms with Gasteiger partial charge in [-0.3, -0.25) is 0 Å². The van der Waals surface area contributed by atoms with Crippen LogP contribution in [0.15, 0.2) is 24.3 Å². The maximum atomic E-state index is 11.8. The molecule has 3 nitrogen and oxygen atoms in total. The van der Waals surface area contributed by atoms with Gasteiger partial charge in [-0.2, -0.15) is 0 Å². The average Bonchev–Trinajstić information content (AvgIpc) is 2.25. The van der Waals surface area contributed by atoms with E-state index in [2.05, 4.69) is 0 Å². The van der Waals surface area contributed by atoms with Crippen LogP contribution in [0, 0.1) is 5.41 Å². The maximum Gasteiger partial charge on any atom is 0.341 e. The molecule has 0 aliphatic rings. The molecule has 0 atom stereocenters. The molecule has 0 unspecified atom stereocenters. The number of methoxy groups -OCH3 is 1. The van der Waals surface area contributed by atoms with Gasteiger partial charge in [0, 0.05) is 0 Å². The number of ether oxygens (including phenoxy) is 2. The molecule has 0 N–H and O–H groups in total. The topological polar surface area (TPSA) is 35.5 Å². The molecule has 1 aromatic rings. The number of hydrogen-bond donors (Lipinski definition) is 0. The van der Waals surface area contributed by atoms with Gasteiger partial charge in [-0.25, -0.2) is 4.79 Å². The first-order valence-corrected chi connectivity index (χ1v) is 5.24. The zero-order chi connectivity index (χ0) is 12.2. The number of esters is 1. The Balaban J connectivity index is 2.73. The van der Waals surface area contributed by atoms with Gasteiger partial charge in [0.05, 0.1) is 13.7 Å². The van der Waals surface area contributed by atoms with Crippen molar-refractivity contribution in [1.29, 1.82) is 0 Å². The number of carbonyl (C=O) groups is 1. The summed E-state index contributed by atoms with van der Waals surface area (Å²) < 4.78 is 10.3. The Morgan fingerprint density at radius 1 is 1.25 bits per heavy atom. The predicted octanol–water partition coefficient (Wildman–Crippen LogP) is 2.90. The third kappa shape index (κ3) is 3.57. The van der Waals surface area contributed by atoms with E-state index in [1.165, 1.54) is 7.11 Å². The lowest BCUT2D eigenvalue weighted by Gasteiger charge is -2.18. The van der Waals surface area contributed by atoms with Crippen molar-refractivity contribution in [2.75, 3.05) is 13.7 Å². The van der Waals surface area contributed by atoms with Crippen LogP contribution in [0.2, 0.25) is 0 Å². The lowest BCUT2D eigenvalue weighted by atomic mass is 9.99. The first-order chi connectivity index (χ1) is 7.44. The monoisotopic (exact) mass is 222 g/mol. The van der Waals surface area contributed by atoms with Crippen molar-refractivity contribution in [3.8, 4) is 5.75 Å². The Bertz CT molecular complexity index is 364. The van der Waals surface area contributed by atoms with Crippen molar-refractivity contribution >= 4 is 5.97 Å². The molecule has 0 bridgehead atoms. The zero-order valence-electron chi connectivity index (χ0n) is 10.2. The van der Waals surface area contributed by atoms with Crippen LogP contribution in [0.4, 0.5) is 0 Å². The first kappa shape index (κ1) is 12.6. The summed E-state index contributed by atoms with van der Waals surface area (Å²) >= 11 is 0. The second kappa shape index (κ2) is 5.01. The molecule has 1 aromatic carbocycles. The summed E-state index contributed by atoms with van der Waals surface area (Å²) in [6, 6.07) is 7.05. The minimum Gasteiger partial charge on any atom is -0.496 e. The van der Waals surface area contributed by atoms with Crippen molar-refractivity contribution in [3.63, 3.8) is 0 Å². The highest BCUT2D eigenvalue weighted by atomic mass is 16.5. The van der Waals surface area contributed by atoms with E-state index in [0.29, 0.717) is 17.9 Å². The van der Waals surface area contributed by atoms with Crippen LogP contribution < -0.4 is 4.74 Å². The van der Waals surface area contributed by atoms with E-state index in [1.54, 1.807) is 18.2 Å². The minimum absolute atomic E-state index is 0.0301. The van der Waals surface area contributed by atoms with Crippen molar-refractivity contribution < 1.29 is 14.3 Å². The molecular formula is C13H18O3. The Hall–Kier alpha value is -1.51. The molecule has 3 heteroatoms. The van der Waals surface area contributed by atoms with E-state index in [1.807, 2.05) is 26.8 Å². The molecule has 1 rings (SSSR count). The quantitative estimate of drug-likeness (QED) is 0.738. The van der Waals surface area contributed by atoms with E-state index in [4.69, 9.17) is 9.47 Å². The van der Waals surface area contributed by atoms with Gasteiger partial charge in [0.1, 0.15) is 11.3 Å². The molecule has 0 amide bonds. The molecule has 0 aliphatic heterocycles. The highest BCUT2D eigenvalue weighted by molar-refractivity contribution is 5.92. The average molecular weight is 222 g/mol. The van der Waals surface area contributed by atoms with Crippen LogP contribution in [0.5, 0.6) is 5.75 Å². The van der Waals surface area contributed by atoms with Gasteiger partial charge in [0.15, 0.2) is 0 Å². The molecule has 0 aliphatic carbocycles.